The van der Waals surface area contributed by atoms with Crippen molar-refractivity contribution in [1.82, 2.24) is 9.24 Å². The molecule has 45 heavy (non-hydrogen) atoms. The van der Waals surface area contributed by atoms with Gasteiger partial charge in [-0.2, -0.15) is 9.69 Å². The van der Waals surface area contributed by atoms with E-state index in [0.29, 0.717) is 21.5 Å². The first-order chi connectivity index (χ1) is 21.8. The minimum Gasteiger partial charge on any atom is -0.371 e. The first-order valence-electron chi connectivity index (χ1n) is 16.0. The topological polar surface area (TPSA) is 119 Å². The molecule has 0 radical (unpaired) electrons. The fourth-order valence-electron chi connectivity index (χ4n) is 7.11. The van der Waals surface area contributed by atoms with Crippen LogP contribution in [0.5, 0.6) is 0 Å². The smallest absolute Gasteiger partial charge is 0.281 e. The minimum absolute atomic E-state index is 0.0457. The number of carbonyl (C=O) groups is 2. The van der Waals surface area contributed by atoms with Crippen LogP contribution in [0.25, 0.3) is 32.3 Å². The van der Waals surface area contributed by atoms with E-state index in [-0.39, 0.29) is 39.2 Å². The molecule has 3 aromatic carbocycles. The van der Waals surface area contributed by atoms with Crippen molar-refractivity contribution in [1.29, 1.82) is 0 Å². The van der Waals surface area contributed by atoms with Crippen LogP contribution in [0.2, 0.25) is 0 Å². The van der Waals surface area contributed by atoms with Gasteiger partial charge in [0, 0.05) is 36.1 Å². The summed E-state index contributed by atoms with van der Waals surface area (Å²) in [5.74, 6) is -1.57. The maximum absolute atomic E-state index is 13.9. The van der Waals surface area contributed by atoms with Crippen molar-refractivity contribution in [2.45, 2.75) is 71.3 Å². The molecule has 0 unspecified atom stereocenters. The van der Waals surface area contributed by atoms with Gasteiger partial charge in [0.15, 0.2) is 0 Å². The highest BCUT2D eigenvalue weighted by Gasteiger charge is 2.38. The fourth-order valence-corrected chi connectivity index (χ4v) is 7.11. The third kappa shape index (κ3) is 4.45. The van der Waals surface area contributed by atoms with Crippen molar-refractivity contribution < 1.29 is 9.59 Å². The van der Waals surface area contributed by atoms with E-state index in [1.165, 1.54) is 16.7 Å². The van der Waals surface area contributed by atoms with E-state index in [4.69, 9.17) is 0 Å². The maximum Gasteiger partial charge on any atom is 0.281 e. The number of benzene rings is 3. The first-order valence-corrected chi connectivity index (χ1v) is 16.0. The molecule has 2 amide bonds. The van der Waals surface area contributed by atoms with Gasteiger partial charge in [-0.25, -0.2) is 0 Å². The monoisotopic (exact) mass is 606 g/mol. The number of piperidine rings is 1. The number of carbonyl (C=O) groups excluding carboxylic acids is 2. The number of hydrogen-bond acceptors (Lipinski definition) is 7. The van der Waals surface area contributed by atoms with Crippen LogP contribution in [-0.2, 0) is 6.54 Å². The number of anilines is 1. The predicted octanol–water partition coefficient (Wildman–Crippen LogP) is 4.35. The lowest BCUT2D eigenvalue weighted by Gasteiger charge is -2.32. The van der Waals surface area contributed by atoms with Gasteiger partial charge >= 0.3 is 0 Å². The molecule has 5 aromatic rings. The Morgan fingerprint density at radius 3 is 1.82 bits per heavy atom. The van der Waals surface area contributed by atoms with E-state index < -0.39 is 34.1 Å². The van der Waals surface area contributed by atoms with Gasteiger partial charge in [0.2, 0.25) is 0 Å². The van der Waals surface area contributed by atoms with Crippen LogP contribution >= 0.6 is 0 Å². The van der Waals surface area contributed by atoms with Crippen LogP contribution in [0.15, 0.2) is 61.6 Å². The van der Waals surface area contributed by atoms with Gasteiger partial charge in [-0.05, 0) is 56.0 Å². The van der Waals surface area contributed by atoms with Crippen molar-refractivity contribution >= 4 is 49.8 Å². The fraction of sp³-hybridized carbons (Fsp3) is 0.371. The quantitative estimate of drug-likeness (QED) is 0.181. The molecule has 0 bridgehead atoms. The van der Waals surface area contributed by atoms with Crippen molar-refractivity contribution in [3.63, 3.8) is 0 Å². The molecule has 0 spiro atoms. The van der Waals surface area contributed by atoms with Gasteiger partial charge < -0.3 is 4.90 Å². The largest absolute Gasteiger partial charge is 0.371 e. The van der Waals surface area contributed by atoms with Crippen LogP contribution in [0.1, 0.15) is 85.4 Å². The third-order valence-electron chi connectivity index (χ3n) is 9.45. The molecule has 0 N–H and O–H groups in total. The second-order valence-electron chi connectivity index (χ2n) is 12.2. The van der Waals surface area contributed by atoms with E-state index in [1.54, 1.807) is 18.2 Å². The van der Waals surface area contributed by atoms with Gasteiger partial charge in [0.05, 0.1) is 32.7 Å². The molecule has 2 aliphatic rings. The summed E-state index contributed by atoms with van der Waals surface area (Å²) in [6, 6.07) is 11.2. The normalized spacial score (nSPS) is 15.3. The van der Waals surface area contributed by atoms with Gasteiger partial charge in [-0.1, -0.05) is 51.2 Å². The Morgan fingerprint density at radius 2 is 1.18 bits per heavy atom. The van der Waals surface area contributed by atoms with E-state index >= 15 is 0 Å². The third-order valence-corrected chi connectivity index (χ3v) is 9.45. The zero-order valence-corrected chi connectivity index (χ0v) is 25.3. The minimum atomic E-state index is -0.894. The number of imide groups is 1. The lowest BCUT2D eigenvalue weighted by molar-refractivity contribution is 0.0849. The molecule has 7 rings (SSSR count). The van der Waals surface area contributed by atoms with Crippen molar-refractivity contribution in [3.05, 3.63) is 95.0 Å². The molecule has 230 valence electrons. The predicted molar refractivity (Wildman–Crippen MR) is 175 cm³/mol. The van der Waals surface area contributed by atoms with E-state index in [9.17, 15) is 28.8 Å². The van der Waals surface area contributed by atoms with Gasteiger partial charge in [-0.3, -0.25) is 33.3 Å². The van der Waals surface area contributed by atoms with Crippen LogP contribution < -0.4 is 32.1 Å². The molecule has 0 saturated carbocycles. The van der Waals surface area contributed by atoms with Gasteiger partial charge in [-0.15, -0.1) is 0 Å². The number of hydrogen-bond donors (Lipinski definition) is 0. The molecule has 0 aliphatic carbocycles. The number of aromatic nitrogens is 2. The number of fused-ring (bicyclic) bond motifs is 2. The van der Waals surface area contributed by atoms with E-state index in [0.717, 1.165) is 75.5 Å². The Bertz CT molecular complexity index is 2130. The number of nitrogens with zero attached hydrogens (tertiary/aromatic N) is 4. The van der Waals surface area contributed by atoms with Crippen LogP contribution in [-0.4, -0.2) is 34.1 Å². The Hall–Kier alpha value is -4.86. The van der Waals surface area contributed by atoms with Crippen molar-refractivity contribution in [2.24, 2.45) is 0 Å². The molecule has 2 aliphatic heterocycles. The summed E-state index contributed by atoms with van der Waals surface area (Å²) in [5.41, 5.74) is -1.43. The number of rotatable bonds is 9. The summed E-state index contributed by atoms with van der Waals surface area (Å²) >= 11 is 0. The second-order valence-corrected chi connectivity index (χ2v) is 12.2. The zero-order valence-electron chi connectivity index (χ0n) is 25.3. The summed E-state index contributed by atoms with van der Waals surface area (Å²) < 4.78 is 1.72. The molecule has 1 saturated heterocycles. The summed E-state index contributed by atoms with van der Waals surface area (Å²) in [6.45, 7) is 4.16. The maximum atomic E-state index is 13.9. The van der Waals surface area contributed by atoms with Gasteiger partial charge in [0.25, 0.3) is 34.1 Å². The Morgan fingerprint density at radius 1 is 0.600 bits per heavy atom. The average molecular weight is 607 g/mol. The van der Waals surface area contributed by atoms with Crippen molar-refractivity contribution in [2.75, 3.05) is 23.0 Å². The number of unbranched alkanes of at least 4 members (excludes halogenated alkanes) is 5. The second kappa shape index (κ2) is 11.3. The summed E-state index contributed by atoms with van der Waals surface area (Å²) in [4.78, 5) is 83.9. The van der Waals surface area contributed by atoms with Crippen LogP contribution in [0.3, 0.4) is 0 Å². The summed E-state index contributed by atoms with van der Waals surface area (Å²) in [7, 11) is 0. The molecule has 10 nitrogen and oxygen atoms in total. The number of amides is 2. The average Bonchev–Trinajstić information content (AvgIpc) is 3.44. The van der Waals surface area contributed by atoms with E-state index in [2.05, 4.69) is 11.8 Å². The highest BCUT2D eigenvalue weighted by molar-refractivity contribution is 6.33. The molecular weight excluding hydrogens is 572 g/mol. The molecule has 2 aromatic heterocycles. The van der Waals surface area contributed by atoms with Crippen LogP contribution in [0.4, 0.5) is 5.69 Å². The Kier molecular flexibility index (Phi) is 7.22. The summed E-state index contributed by atoms with van der Waals surface area (Å²) in [5, 5.41) is 1.73. The SMILES string of the molecule is CCCCCCCCn1c(=O)c2cc3c(=O)n(N4C(=O)c5cccc6c(N7CCCCC7)ccc(c56)C4=O)c(=O)c3cc2c1=O. The Labute approximate surface area is 257 Å². The highest BCUT2D eigenvalue weighted by Crippen LogP contribution is 2.36. The van der Waals surface area contributed by atoms with Gasteiger partial charge in [0.1, 0.15) is 0 Å². The van der Waals surface area contributed by atoms with Crippen molar-refractivity contribution in [3.8, 4) is 0 Å². The molecule has 1 fully saturated rings. The molecule has 10 heteroatoms. The van der Waals surface area contributed by atoms with Crippen LogP contribution in [0, 0.1) is 0 Å². The molecular formula is C35H34N4O6. The highest BCUT2D eigenvalue weighted by atomic mass is 16.2. The Balaban J connectivity index is 1.29. The molecule has 4 heterocycles. The standard InChI is InChI=1S/C35H34N4O6/c1-2-3-4-5-6-10-18-37-30(40)24-19-26-27(20-25(24)31(37)41)35(45)39(34(26)44)38-32(42)22-13-11-12-21-28(36-16-8-7-9-17-36)15-14-23(29(21)22)33(38)43/h11-15,19-20H,2-10,16-18H2,1H3. The lowest BCUT2D eigenvalue weighted by atomic mass is 9.93. The molecule has 0 atom stereocenters. The summed E-state index contributed by atoms with van der Waals surface area (Å²) in [6.07, 6.45) is 9.25. The zero-order chi connectivity index (χ0) is 31.4. The first kappa shape index (κ1) is 28.9. The van der Waals surface area contributed by atoms with E-state index in [1.807, 2.05) is 12.1 Å². The lowest BCUT2D eigenvalue weighted by Crippen LogP contribution is -2.55.